The second-order valence-corrected chi connectivity index (χ2v) is 5.76. The molecule has 0 amide bonds. The van der Waals surface area contributed by atoms with Gasteiger partial charge in [0.25, 0.3) is 0 Å². The minimum Gasteiger partial charge on any atom is -0.493 e. The average molecular weight is 330 g/mol. The van der Waals surface area contributed by atoms with E-state index in [1.165, 1.54) is 12.8 Å². The van der Waals surface area contributed by atoms with E-state index in [1.54, 1.807) is 7.11 Å². The molecule has 0 fully saturated rings. The maximum Gasteiger partial charge on any atom is 0.175 e. The van der Waals surface area contributed by atoms with Gasteiger partial charge >= 0.3 is 0 Å². The van der Waals surface area contributed by atoms with E-state index in [4.69, 9.17) is 9.47 Å². The fraction of sp³-hybridized carbons (Fsp3) is 0.600. The smallest absolute Gasteiger partial charge is 0.175 e. The van der Waals surface area contributed by atoms with E-state index in [0.29, 0.717) is 6.61 Å². The Bertz CT molecular complexity index is 369. The van der Waals surface area contributed by atoms with Gasteiger partial charge in [-0.3, -0.25) is 0 Å². The number of benzene rings is 1. The molecule has 0 saturated heterocycles. The lowest BCUT2D eigenvalue weighted by Gasteiger charge is -2.12. The van der Waals surface area contributed by atoms with Crippen molar-refractivity contribution in [2.75, 3.05) is 26.8 Å². The van der Waals surface area contributed by atoms with Crippen molar-refractivity contribution < 1.29 is 9.47 Å². The zero-order valence-corrected chi connectivity index (χ0v) is 13.6. The van der Waals surface area contributed by atoms with E-state index in [-0.39, 0.29) is 0 Å². The molecular formula is C15H24BrNO2. The lowest BCUT2D eigenvalue weighted by atomic mass is 10.1. The van der Waals surface area contributed by atoms with Crippen LogP contribution in [0.4, 0.5) is 0 Å². The molecule has 0 unspecified atom stereocenters. The molecule has 0 aliphatic rings. The summed E-state index contributed by atoms with van der Waals surface area (Å²) in [5.74, 6) is 2.31. The first-order valence-corrected chi connectivity index (χ1v) is 7.60. The molecule has 0 radical (unpaired) electrons. The van der Waals surface area contributed by atoms with Gasteiger partial charge in [0.2, 0.25) is 0 Å². The Balaban J connectivity index is 2.22. The molecule has 0 heterocycles. The van der Waals surface area contributed by atoms with Gasteiger partial charge in [-0.05, 0) is 53.4 Å². The third kappa shape index (κ3) is 6.30. The minimum atomic E-state index is 0.640. The SMILES string of the molecule is COc1cccc(Br)c1OCCNCCCC(C)C. The van der Waals surface area contributed by atoms with Crippen LogP contribution < -0.4 is 14.8 Å². The van der Waals surface area contributed by atoms with E-state index >= 15 is 0 Å². The zero-order valence-electron chi connectivity index (χ0n) is 12.0. The van der Waals surface area contributed by atoms with Gasteiger partial charge in [0, 0.05) is 6.54 Å². The Labute approximate surface area is 124 Å². The lowest BCUT2D eigenvalue weighted by Crippen LogP contribution is -2.22. The fourth-order valence-corrected chi connectivity index (χ4v) is 2.24. The molecule has 0 aromatic heterocycles. The van der Waals surface area contributed by atoms with E-state index in [1.807, 2.05) is 18.2 Å². The Morgan fingerprint density at radius 2 is 2.05 bits per heavy atom. The molecule has 1 aromatic rings. The normalized spacial score (nSPS) is 10.8. The van der Waals surface area contributed by atoms with Gasteiger partial charge in [-0.1, -0.05) is 19.9 Å². The van der Waals surface area contributed by atoms with Crippen LogP contribution in [0, 0.1) is 5.92 Å². The monoisotopic (exact) mass is 329 g/mol. The number of ether oxygens (including phenoxy) is 2. The van der Waals surface area contributed by atoms with Crippen molar-refractivity contribution in [2.45, 2.75) is 26.7 Å². The molecule has 1 aromatic carbocycles. The zero-order chi connectivity index (χ0) is 14.1. The largest absolute Gasteiger partial charge is 0.493 e. The molecule has 3 nitrogen and oxygen atoms in total. The number of hydrogen-bond donors (Lipinski definition) is 1. The summed E-state index contributed by atoms with van der Waals surface area (Å²) in [4.78, 5) is 0. The fourth-order valence-electron chi connectivity index (χ4n) is 1.78. The standard InChI is InChI=1S/C15H24BrNO2/c1-12(2)6-5-9-17-10-11-19-15-13(16)7-4-8-14(15)18-3/h4,7-8,12,17H,5-6,9-11H2,1-3H3. The van der Waals surface area contributed by atoms with Crippen LogP contribution in [-0.4, -0.2) is 26.8 Å². The third-order valence-corrected chi connectivity index (χ3v) is 3.44. The van der Waals surface area contributed by atoms with Crippen LogP contribution in [0.25, 0.3) is 0 Å². The van der Waals surface area contributed by atoms with Crippen LogP contribution in [0.2, 0.25) is 0 Å². The van der Waals surface area contributed by atoms with Crippen LogP contribution in [0.1, 0.15) is 26.7 Å². The molecule has 0 atom stereocenters. The predicted octanol–water partition coefficient (Wildman–Crippen LogP) is 3.86. The number of halogens is 1. The van der Waals surface area contributed by atoms with Gasteiger partial charge in [-0.2, -0.15) is 0 Å². The highest BCUT2D eigenvalue weighted by Crippen LogP contribution is 2.34. The topological polar surface area (TPSA) is 30.5 Å². The summed E-state index contributed by atoms with van der Waals surface area (Å²) in [6.45, 7) is 7.04. The first-order chi connectivity index (χ1) is 9.15. The number of rotatable bonds is 9. The lowest BCUT2D eigenvalue weighted by molar-refractivity contribution is 0.290. The Kier molecular flexibility index (Phi) is 7.91. The quantitative estimate of drug-likeness (QED) is 0.698. The summed E-state index contributed by atoms with van der Waals surface area (Å²) < 4.78 is 11.9. The summed E-state index contributed by atoms with van der Waals surface area (Å²) >= 11 is 3.47. The van der Waals surface area contributed by atoms with Crippen molar-refractivity contribution in [3.8, 4) is 11.5 Å². The van der Waals surface area contributed by atoms with E-state index in [9.17, 15) is 0 Å². The van der Waals surface area contributed by atoms with Gasteiger partial charge in [-0.25, -0.2) is 0 Å². The maximum atomic E-state index is 5.75. The Hall–Kier alpha value is -0.740. The number of methoxy groups -OCH3 is 1. The Morgan fingerprint density at radius 1 is 1.26 bits per heavy atom. The molecule has 108 valence electrons. The first-order valence-electron chi connectivity index (χ1n) is 6.81. The molecule has 0 bridgehead atoms. The third-order valence-electron chi connectivity index (χ3n) is 2.81. The minimum absolute atomic E-state index is 0.640. The highest BCUT2D eigenvalue weighted by molar-refractivity contribution is 9.10. The molecule has 0 saturated carbocycles. The Morgan fingerprint density at radius 3 is 2.74 bits per heavy atom. The molecular weight excluding hydrogens is 306 g/mol. The van der Waals surface area contributed by atoms with Crippen molar-refractivity contribution in [1.29, 1.82) is 0 Å². The van der Waals surface area contributed by atoms with Gasteiger partial charge in [0.1, 0.15) is 6.61 Å². The van der Waals surface area contributed by atoms with Gasteiger partial charge in [0.05, 0.1) is 11.6 Å². The summed E-state index contributed by atoms with van der Waals surface area (Å²) in [7, 11) is 1.65. The summed E-state index contributed by atoms with van der Waals surface area (Å²) in [5.41, 5.74) is 0. The molecule has 0 aliphatic carbocycles. The van der Waals surface area contributed by atoms with Gasteiger partial charge in [0.15, 0.2) is 11.5 Å². The second kappa shape index (κ2) is 9.21. The van der Waals surface area contributed by atoms with Gasteiger partial charge < -0.3 is 14.8 Å². The van der Waals surface area contributed by atoms with Crippen molar-refractivity contribution in [3.63, 3.8) is 0 Å². The molecule has 0 aliphatic heterocycles. The predicted molar refractivity (Wildman–Crippen MR) is 83.1 cm³/mol. The van der Waals surface area contributed by atoms with Crippen LogP contribution >= 0.6 is 15.9 Å². The van der Waals surface area contributed by atoms with Crippen LogP contribution in [-0.2, 0) is 0 Å². The molecule has 1 rings (SSSR count). The van der Waals surface area contributed by atoms with Crippen LogP contribution in [0.3, 0.4) is 0 Å². The highest BCUT2D eigenvalue weighted by Gasteiger charge is 2.07. The summed E-state index contributed by atoms with van der Waals surface area (Å²) in [6.07, 6.45) is 2.49. The maximum absolute atomic E-state index is 5.75. The molecule has 4 heteroatoms. The van der Waals surface area contributed by atoms with Crippen molar-refractivity contribution >= 4 is 15.9 Å². The summed E-state index contributed by atoms with van der Waals surface area (Å²) in [5, 5.41) is 3.39. The van der Waals surface area contributed by atoms with Crippen LogP contribution in [0.5, 0.6) is 11.5 Å². The number of para-hydroxylation sites is 1. The average Bonchev–Trinajstić information content (AvgIpc) is 2.38. The molecule has 1 N–H and O–H groups in total. The summed E-state index contributed by atoms with van der Waals surface area (Å²) in [6, 6.07) is 5.78. The van der Waals surface area contributed by atoms with Crippen LogP contribution in [0.15, 0.2) is 22.7 Å². The van der Waals surface area contributed by atoms with E-state index in [2.05, 4.69) is 35.1 Å². The van der Waals surface area contributed by atoms with Crippen molar-refractivity contribution in [1.82, 2.24) is 5.32 Å². The first kappa shape index (κ1) is 16.3. The van der Waals surface area contributed by atoms with Crippen molar-refractivity contribution in [2.24, 2.45) is 5.92 Å². The van der Waals surface area contributed by atoms with E-state index in [0.717, 1.165) is 35.0 Å². The molecule has 0 spiro atoms. The molecule has 19 heavy (non-hydrogen) atoms. The van der Waals surface area contributed by atoms with E-state index < -0.39 is 0 Å². The second-order valence-electron chi connectivity index (χ2n) is 4.91. The number of nitrogens with one attached hydrogen (secondary N) is 1. The van der Waals surface area contributed by atoms with Crippen molar-refractivity contribution in [3.05, 3.63) is 22.7 Å². The number of hydrogen-bond acceptors (Lipinski definition) is 3. The van der Waals surface area contributed by atoms with Gasteiger partial charge in [-0.15, -0.1) is 0 Å². The highest BCUT2D eigenvalue weighted by atomic mass is 79.9.